The summed E-state index contributed by atoms with van der Waals surface area (Å²) in [6.45, 7) is 0.784. The first-order chi connectivity index (χ1) is 15.4. The number of benzene rings is 1. The van der Waals surface area contributed by atoms with E-state index in [1.807, 2.05) is 4.90 Å². The predicted octanol–water partition coefficient (Wildman–Crippen LogP) is 1.73. The van der Waals surface area contributed by atoms with Gasteiger partial charge in [0.1, 0.15) is 29.2 Å². The monoisotopic (exact) mass is 462 g/mol. The number of hydrogen-bond donors (Lipinski definition) is 2. The third-order valence-corrected chi connectivity index (χ3v) is 6.29. The number of amides is 2. The van der Waals surface area contributed by atoms with Gasteiger partial charge in [-0.05, 0) is 25.0 Å². The van der Waals surface area contributed by atoms with Crippen molar-refractivity contribution in [2.75, 3.05) is 30.4 Å². The quantitative estimate of drug-likeness (QED) is 0.598. The van der Waals surface area contributed by atoms with Crippen LogP contribution in [0.5, 0.6) is 0 Å². The normalized spacial score (nSPS) is 16.2. The molecule has 0 spiro atoms. The zero-order valence-electron chi connectivity index (χ0n) is 17.1. The number of thiazole rings is 1. The number of nitrogens with one attached hydrogen (secondary N) is 2. The van der Waals surface area contributed by atoms with Crippen LogP contribution in [0, 0.1) is 17.6 Å². The number of rotatable bonds is 5. The summed E-state index contributed by atoms with van der Waals surface area (Å²) in [5, 5.41) is 5.50. The Morgan fingerprint density at radius 1 is 1.31 bits per heavy atom. The summed E-state index contributed by atoms with van der Waals surface area (Å²) >= 11 is 1.15. The molecular formula is C20H20F2N6O3S. The van der Waals surface area contributed by atoms with E-state index in [0.29, 0.717) is 18.2 Å². The van der Waals surface area contributed by atoms with Crippen LogP contribution < -0.4 is 21.1 Å². The molecule has 32 heavy (non-hydrogen) atoms. The van der Waals surface area contributed by atoms with Crippen molar-refractivity contribution >= 4 is 44.3 Å². The van der Waals surface area contributed by atoms with E-state index in [1.54, 1.807) is 7.05 Å². The summed E-state index contributed by atoms with van der Waals surface area (Å²) in [5.74, 6) is -2.37. The highest BCUT2D eigenvalue weighted by molar-refractivity contribution is 7.22. The molecule has 1 fully saturated rings. The molecule has 1 aromatic carbocycles. The van der Waals surface area contributed by atoms with Gasteiger partial charge in [0, 0.05) is 26.2 Å². The van der Waals surface area contributed by atoms with Gasteiger partial charge in [-0.25, -0.2) is 13.8 Å². The lowest BCUT2D eigenvalue weighted by Crippen LogP contribution is -2.42. The van der Waals surface area contributed by atoms with Gasteiger partial charge in [-0.2, -0.15) is 4.98 Å². The number of piperidine rings is 1. The first-order valence-electron chi connectivity index (χ1n) is 9.93. The third-order valence-electron chi connectivity index (χ3n) is 5.20. The van der Waals surface area contributed by atoms with Gasteiger partial charge in [-0.3, -0.25) is 19.0 Å². The minimum absolute atomic E-state index is 0.0305. The van der Waals surface area contributed by atoms with E-state index >= 15 is 0 Å². The molecule has 0 radical (unpaired) electrons. The van der Waals surface area contributed by atoms with E-state index in [2.05, 4.69) is 20.6 Å². The zero-order chi connectivity index (χ0) is 22.8. The molecule has 3 aromatic rings. The molecule has 9 nitrogen and oxygen atoms in total. The third kappa shape index (κ3) is 4.44. The van der Waals surface area contributed by atoms with Gasteiger partial charge < -0.3 is 15.5 Å². The molecule has 3 heterocycles. The summed E-state index contributed by atoms with van der Waals surface area (Å²) in [5.41, 5.74) is -0.522. The molecule has 4 rings (SSSR count). The Kier molecular flexibility index (Phi) is 6.12. The van der Waals surface area contributed by atoms with Gasteiger partial charge in [-0.1, -0.05) is 11.3 Å². The van der Waals surface area contributed by atoms with E-state index in [0.717, 1.165) is 46.9 Å². The largest absolute Gasteiger partial charge is 0.359 e. The molecule has 2 N–H and O–H groups in total. The lowest BCUT2D eigenvalue weighted by Gasteiger charge is -2.31. The van der Waals surface area contributed by atoms with Crippen molar-refractivity contribution in [2.45, 2.75) is 19.4 Å². The Hall–Kier alpha value is -3.41. The molecule has 0 unspecified atom stereocenters. The first kappa shape index (κ1) is 21.8. The highest BCUT2D eigenvalue weighted by Gasteiger charge is 2.27. The van der Waals surface area contributed by atoms with Crippen LogP contribution in [-0.4, -0.2) is 46.5 Å². The van der Waals surface area contributed by atoms with Gasteiger partial charge in [0.2, 0.25) is 11.8 Å². The van der Waals surface area contributed by atoms with Crippen molar-refractivity contribution in [3.05, 3.63) is 46.5 Å². The number of aromatic nitrogens is 3. The second kappa shape index (κ2) is 8.99. The maximum atomic E-state index is 13.7. The molecule has 168 valence electrons. The number of hydrogen-bond acceptors (Lipinski definition) is 7. The Morgan fingerprint density at radius 2 is 2.12 bits per heavy atom. The van der Waals surface area contributed by atoms with E-state index in [-0.39, 0.29) is 27.9 Å². The van der Waals surface area contributed by atoms with E-state index in [1.165, 1.54) is 6.33 Å². The fourth-order valence-electron chi connectivity index (χ4n) is 3.59. The lowest BCUT2D eigenvalue weighted by molar-refractivity contribution is -0.124. The predicted molar refractivity (Wildman–Crippen MR) is 116 cm³/mol. The molecule has 1 atom stereocenters. The topological polar surface area (TPSA) is 109 Å². The van der Waals surface area contributed by atoms with Gasteiger partial charge in [0.25, 0.3) is 5.56 Å². The molecule has 0 saturated carbocycles. The highest BCUT2D eigenvalue weighted by Crippen LogP contribution is 2.29. The molecule has 2 amide bonds. The molecule has 2 aromatic heterocycles. The smallest absolute Gasteiger partial charge is 0.273 e. The molecule has 0 bridgehead atoms. The van der Waals surface area contributed by atoms with Crippen molar-refractivity contribution in [1.82, 2.24) is 19.9 Å². The van der Waals surface area contributed by atoms with Crippen LogP contribution in [0.3, 0.4) is 0 Å². The average Bonchev–Trinajstić information content (AvgIpc) is 3.23. The maximum absolute atomic E-state index is 13.7. The molecule has 1 aliphatic rings. The zero-order valence-corrected chi connectivity index (χ0v) is 17.9. The van der Waals surface area contributed by atoms with Crippen LogP contribution in [0.15, 0.2) is 29.3 Å². The summed E-state index contributed by atoms with van der Waals surface area (Å²) in [6, 6.07) is 2.70. The standard InChI is InChI=1S/C20H20F2N6O3S/c1-23-18(30)11-3-2-6-27(8-11)20-26-17-16(32-20)19(31)28(10-24-17)9-15(29)25-14-7-12(21)4-5-13(14)22/h4-5,7,10-11H,2-3,6,8-9H2,1H3,(H,23,30)(H,25,29)/t11-/m1/s1. The minimum atomic E-state index is -0.788. The Bertz CT molecular complexity index is 1240. The Morgan fingerprint density at radius 3 is 2.91 bits per heavy atom. The van der Waals surface area contributed by atoms with E-state index in [4.69, 9.17) is 0 Å². The summed E-state index contributed by atoms with van der Waals surface area (Å²) in [4.78, 5) is 47.6. The maximum Gasteiger partial charge on any atom is 0.273 e. The van der Waals surface area contributed by atoms with Crippen LogP contribution >= 0.6 is 11.3 Å². The minimum Gasteiger partial charge on any atom is -0.359 e. The second-order valence-corrected chi connectivity index (χ2v) is 8.38. The van der Waals surface area contributed by atoms with E-state index in [9.17, 15) is 23.2 Å². The van der Waals surface area contributed by atoms with Gasteiger partial charge >= 0.3 is 0 Å². The summed E-state index contributed by atoms with van der Waals surface area (Å²) in [6.07, 6.45) is 2.80. The van der Waals surface area contributed by atoms with Gasteiger partial charge in [0.05, 0.1) is 11.6 Å². The number of nitrogens with zero attached hydrogens (tertiary/aromatic N) is 4. The van der Waals surface area contributed by atoms with Gasteiger partial charge in [-0.15, -0.1) is 0 Å². The van der Waals surface area contributed by atoms with Crippen molar-refractivity contribution in [1.29, 1.82) is 0 Å². The highest BCUT2D eigenvalue weighted by atomic mass is 32.1. The summed E-state index contributed by atoms with van der Waals surface area (Å²) < 4.78 is 28.4. The van der Waals surface area contributed by atoms with Crippen LogP contribution in [0.4, 0.5) is 19.6 Å². The number of fused-ring (bicyclic) bond motifs is 1. The number of carbonyl (C=O) groups is 2. The molecule has 1 saturated heterocycles. The number of halogens is 2. The molecule has 1 aliphatic heterocycles. The van der Waals surface area contributed by atoms with Crippen molar-refractivity contribution in [3.63, 3.8) is 0 Å². The van der Waals surface area contributed by atoms with Gasteiger partial charge in [0.15, 0.2) is 10.8 Å². The molecular weight excluding hydrogens is 442 g/mol. The van der Waals surface area contributed by atoms with Crippen LogP contribution in [0.1, 0.15) is 12.8 Å². The summed E-state index contributed by atoms with van der Waals surface area (Å²) in [7, 11) is 1.60. The first-order valence-corrected chi connectivity index (χ1v) is 10.7. The molecule has 0 aliphatic carbocycles. The Labute approximate surface area is 185 Å². The van der Waals surface area contributed by atoms with E-state index < -0.39 is 29.6 Å². The second-order valence-electron chi connectivity index (χ2n) is 7.40. The van der Waals surface area contributed by atoms with Crippen molar-refractivity contribution in [3.8, 4) is 0 Å². The average molecular weight is 462 g/mol. The Balaban J connectivity index is 1.53. The number of anilines is 2. The van der Waals surface area contributed by atoms with Crippen LogP contribution in [-0.2, 0) is 16.1 Å². The van der Waals surface area contributed by atoms with Crippen molar-refractivity contribution in [2.24, 2.45) is 5.92 Å². The van der Waals surface area contributed by atoms with Crippen LogP contribution in [0.25, 0.3) is 10.3 Å². The van der Waals surface area contributed by atoms with Crippen LogP contribution in [0.2, 0.25) is 0 Å². The van der Waals surface area contributed by atoms with Crippen molar-refractivity contribution < 1.29 is 18.4 Å². The molecule has 12 heteroatoms. The SMILES string of the molecule is CNC(=O)[C@@H]1CCCN(c2nc3ncn(CC(=O)Nc4cc(F)ccc4F)c(=O)c3s2)C1. The lowest BCUT2D eigenvalue weighted by atomic mass is 9.98. The fourth-order valence-corrected chi connectivity index (χ4v) is 4.59. The fraction of sp³-hybridized carbons (Fsp3) is 0.350. The number of carbonyl (C=O) groups excluding carboxylic acids is 2.